The number of hydrogen-bond acceptors (Lipinski definition) is 6. The van der Waals surface area contributed by atoms with E-state index in [9.17, 15) is 17.6 Å². The molecule has 0 radical (unpaired) electrons. The summed E-state index contributed by atoms with van der Waals surface area (Å²) in [6.45, 7) is -1.29. The first kappa shape index (κ1) is 14.9. The lowest BCUT2D eigenvalue weighted by Crippen LogP contribution is -2.35. The van der Waals surface area contributed by atoms with Crippen molar-refractivity contribution in [3.8, 4) is 5.95 Å². The standard InChI is InChI=1S/C10H11F4N7/c1-15-7-18-8(17-4-10(13,14)6(11)12)20-9(19-7)21-3-2-16-5-21/h2-3,5-6H,4H2,1H3,(H2,15,17,18,19,20). The van der Waals surface area contributed by atoms with Gasteiger partial charge in [-0.2, -0.15) is 23.7 Å². The third-order valence-corrected chi connectivity index (χ3v) is 2.38. The van der Waals surface area contributed by atoms with Crippen molar-refractivity contribution in [2.45, 2.75) is 12.3 Å². The molecular formula is C10H11F4N7. The van der Waals surface area contributed by atoms with E-state index in [1.54, 1.807) is 0 Å². The summed E-state index contributed by atoms with van der Waals surface area (Å²) >= 11 is 0. The highest BCUT2D eigenvalue weighted by Crippen LogP contribution is 2.22. The number of alkyl halides is 4. The molecule has 2 heterocycles. The predicted molar refractivity (Wildman–Crippen MR) is 65.9 cm³/mol. The van der Waals surface area contributed by atoms with E-state index in [-0.39, 0.29) is 17.8 Å². The van der Waals surface area contributed by atoms with Gasteiger partial charge in [0, 0.05) is 19.4 Å². The zero-order chi connectivity index (χ0) is 15.5. The van der Waals surface area contributed by atoms with Crippen LogP contribution in [0.1, 0.15) is 0 Å². The Morgan fingerprint density at radius 1 is 1.24 bits per heavy atom. The molecule has 0 atom stereocenters. The minimum atomic E-state index is -4.18. The van der Waals surface area contributed by atoms with Crippen LogP contribution in [0.4, 0.5) is 29.5 Å². The molecule has 0 saturated heterocycles. The van der Waals surface area contributed by atoms with Crippen LogP contribution >= 0.6 is 0 Å². The van der Waals surface area contributed by atoms with Gasteiger partial charge in [-0.05, 0) is 0 Å². The molecule has 2 rings (SSSR count). The predicted octanol–water partition coefficient (Wildman–Crippen LogP) is 1.41. The Labute approximate surface area is 116 Å². The first-order valence-corrected chi connectivity index (χ1v) is 5.74. The highest BCUT2D eigenvalue weighted by molar-refractivity contribution is 5.37. The number of anilines is 2. The zero-order valence-corrected chi connectivity index (χ0v) is 10.8. The highest BCUT2D eigenvalue weighted by Gasteiger charge is 2.40. The normalized spacial score (nSPS) is 11.7. The van der Waals surface area contributed by atoms with Gasteiger partial charge >= 0.3 is 12.3 Å². The third-order valence-electron chi connectivity index (χ3n) is 2.38. The highest BCUT2D eigenvalue weighted by atomic mass is 19.3. The molecule has 21 heavy (non-hydrogen) atoms. The second-order valence-corrected chi connectivity index (χ2v) is 3.92. The van der Waals surface area contributed by atoms with E-state index in [1.165, 1.54) is 30.3 Å². The van der Waals surface area contributed by atoms with Gasteiger partial charge in [0.1, 0.15) is 6.33 Å². The minimum absolute atomic E-state index is 0.0940. The molecule has 0 amide bonds. The van der Waals surface area contributed by atoms with E-state index < -0.39 is 18.9 Å². The van der Waals surface area contributed by atoms with Crippen LogP contribution in [0.5, 0.6) is 0 Å². The quantitative estimate of drug-likeness (QED) is 0.786. The van der Waals surface area contributed by atoms with E-state index in [2.05, 4.69) is 30.6 Å². The van der Waals surface area contributed by atoms with E-state index >= 15 is 0 Å². The topological polar surface area (TPSA) is 80.5 Å². The Hall–Kier alpha value is -2.46. The first-order valence-electron chi connectivity index (χ1n) is 5.74. The molecule has 0 unspecified atom stereocenters. The van der Waals surface area contributed by atoms with Crippen LogP contribution in [0.25, 0.3) is 5.95 Å². The summed E-state index contributed by atoms with van der Waals surface area (Å²) in [7, 11) is 1.52. The SMILES string of the molecule is CNc1nc(NCC(F)(F)C(F)F)nc(-n2ccnc2)n1. The Kier molecular flexibility index (Phi) is 4.19. The molecule has 0 spiro atoms. The Morgan fingerprint density at radius 3 is 2.52 bits per heavy atom. The summed E-state index contributed by atoms with van der Waals surface area (Å²) < 4.78 is 51.4. The van der Waals surface area contributed by atoms with Gasteiger partial charge in [0.2, 0.25) is 17.8 Å². The lowest BCUT2D eigenvalue weighted by atomic mass is 10.3. The fraction of sp³-hybridized carbons (Fsp3) is 0.400. The Morgan fingerprint density at radius 2 is 1.95 bits per heavy atom. The summed E-state index contributed by atoms with van der Waals surface area (Å²) in [6, 6.07) is 0. The first-order chi connectivity index (χ1) is 9.92. The smallest absolute Gasteiger partial charge is 0.324 e. The molecule has 2 aromatic heterocycles. The van der Waals surface area contributed by atoms with Gasteiger partial charge in [-0.3, -0.25) is 4.57 Å². The summed E-state index contributed by atoms with van der Waals surface area (Å²) in [6.07, 6.45) is 0.628. The van der Waals surface area contributed by atoms with Gasteiger partial charge in [-0.15, -0.1) is 0 Å². The van der Waals surface area contributed by atoms with Gasteiger partial charge in [-0.25, -0.2) is 13.8 Å². The van der Waals surface area contributed by atoms with Crippen LogP contribution < -0.4 is 10.6 Å². The minimum Gasteiger partial charge on any atom is -0.357 e. The second-order valence-electron chi connectivity index (χ2n) is 3.92. The van der Waals surface area contributed by atoms with Gasteiger partial charge < -0.3 is 10.6 Å². The number of imidazole rings is 1. The summed E-state index contributed by atoms with van der Waals surface area (Å²) in [5, 5.41) is 4.70. The Bertz CT molecular complexity index is 587. The van der Waals surface area contributed by atoms with E-state index in [4.69, 9.17) is 0 Å². The molecule has 0 bridgehead atoms. The van der Waals surface area contributed by atoms with Crippen LogP contribution in [0, 0.1) is 0 Å². The number of halogens is 4. The average Bonchev–Trinajstić information content (AvgIpc) is 2.99. The van der Waals surface area contributed by atoms with Gasteiger partial charge in [0.25, 0.3) is 0 Å². The van der Waals surface area contributed by atoms with Crippen LogP contribution in [0.2, 0.25) is 0 Å². The van der Waals surface area contributed by atoms with Gasteiger partial charge in [0.05, 0.1) is 6.54 Å². The molecule has 0 saturated carbocycles. The molecule has 2 aromatic rings. The molecule has 0 aliphatic rings. The van der Waals surface area contributed by atoms with Crippen LogP contribution in [0.15, 0.2) is 18.7 Å². The van der Waals surface area contributed by atoms with Crippen molar-refractivity contribution in [2.75, 3.05) is 24.2 Å². The van der Waals surface area contributed by atoms with Crippen LogP contribution in [-0.2, 0) is 0 Å². The maximum atomic E-state index is 12.9. The fourth-order valence-electron chi connectivity index (χ4n) is 1.32. The molecule has 11 heteroatoms. The second kappa shape index (κ2) is 5.89. The largest absolute Gasteiger partial charge is 0.357 e. The number of nitrogens with one attached hydrogen (secondary N) is 2. The molecule has 0 aromatic carbocycles. The lowest BCUT2D eigenvalue weighted by Gasteiger charge is -2.16. The number of rotatable bonds is 6. The van der Waals surface area contributed by atoms with E-state index in [1.807, 2.05) is 0 Å². The summed E-state index contributed by atoms with van der Waals surface area (Å²) in [5.41, 5.74) is 0. The van der Waals surface area contributed by atoms with E-state index in [0.29, 0.717) is 0 Å². The van der Waals surface area contributed by atoms with Crippen molar-refractivity contribution in [3.05, 3.63) is 18.7 Å². The number of aromatic nitrogens is 5. The van der Waals surface area contributed by atoms with E-state index in [0.717, 1.165) is 0 Å². The maximum absolute atomic E-state index is 12.9. The van der Waals surface area contributed by atoms with Crippen molar-refractivity contribution in [2.24, 2.45) is 0 Å². The van der Waals surface area contributed by atoms with Crippen molar-refractivity contribution in [1.82, 2.24) is 24.5 Å². The Balaban J connectivity index is 2.22. The lowest BCUT2D eigenvalue weighted by molar-refractivity contribution is -0.117. The average molecular weight is 305 g/mol. The summed E-state index contributed by atoms with van der Waals surface area (Å²) in [5.74, 6) is -4.23. The zero-order valence-electron chi connectivity index (χ0n) is 10.8. The summed E-state index contributed by atoms with van der Waals surface area (Å²) in [4.78, 5) is 15.4. The van der Waals surface area contributed by atoms with Gasteiger partial charge in [0.15, 0.2) is 0 Å². The fourth-order valence-corrected chi connectivity index (χ4v) is 1.32. The molecular weight excluding hydrogens is 294 g/mol. The molecule has 7 nitrogen and oxygen atoms in total. The number of nitrogens with zero attached hydrogens (tertiary/aromatic N) is 5. The molecule has 114 valence electrons. The third kappa shape index (κ3) is 3.55. The maximum Gasteiger partial charge on any atom is 0.324 e. The van der Waals surface area contributed by atoms with Crippen molar-refractivity contribution in [3.63, 3.8) is 0 Å². The van der Waals surface area contributed by atoms with Crippen LogP contribution in [0.3, 0.4) is 0 Å². The van der Waals surface area contributed by atoms with Crippen molar-refractivity contribution < 1.29 is 17.6 Å². The van der Waals surface area contributed by atoms with Crippen molar-refractivity contribution >= 4 is 11.9 Å². The van der Waals surface area contributed by atoms with Gasteiger partial charge in [-0.1, -0.05) is 0 Å². The monoisotopic (exact) mass is 305 g/mol. The van der Waals surface area contributed by atoms with Crippen molar-refractivity contribution in [1.29, 1.82) is 0 Å². The molecule has 0 aliphatic carbocycles. The molecule has 0 fully saturated rings. The molecule has 2 N–H and O–H groups in total. The molecule has 0 aliphatic heterocycles. The number of hydrogen-bond donors (Lipinski definition) is 2. The van der Waals surface area contributed by atoms with Crippen LogP contribution in [-0.4, -0.2) is 50.4 Å².